The lowest BCUT2D eigenvalue weighted by Gasteiger charge is -2.05. The minimum Gasteiger partial charge on any atom is -0.479 e. The van der Waals surface area contributed by atoms with Crippen LogP contribution < -0.4 is 5.73 Å². The Bertz CT molecular complexity index is 297. The van der Waals surface area contributed by atoms with E-state index >= 15 is 0 Å². The van der Waals surface area contributed by atoms with Crippen molar-refractivity contribution in [3.8, 4) is 0 Å². The molecule has 1 rings (SSSR count). The Morgan fingerprint density at radius 1 is 1.46 bits per heavy atom. The first kappa shape index (κ1) is 10.1. The van der Waals surface area contributed by atoms with Crippen LogP contribution in [0, 0.1) is 6.92 Å². The lowest BCUT2D eigenvalue weighted by atomic mass is 10.2. The third-order valence-electron chi connectivity index (χ3n) is 1.53. The lowest BCUT2D eigenvalue weighted by Crippen LogP contribution is -2.25. The van der Waals surface area contributed by atoms with E-state index < -0.39 is 11.3 Å². The number of hydrogen-bond donors (Lipinski definition) is 2. The zero-order valence-electron chi connectivity index (χ0n) is 7.23. The van der Waals surface area contributed by atoms with Crippen molar-refractivity contribution in [1.82, 2.24) is 0 Å². The number of thioether (sulfide) groups is 1. The van der Waals surface area contributed by atoms with Crippen LogP contribution in [-0.2, 0) is 4.79 Å². The molecule has 4 heteroatoms. The number of aliphatic carboxylic acids is 1. The minimum absolute atomic E-state index is 0.875. The third-order valence-corrected chi connectivity index (χ3v) is 2.53. The highest BCUT2D eigenvalue weighted by Gasteiger charge is 2.12. The van der Waals surface area contributed by atoms with Crippen LogP contribution in [0.2, 0.25) is 0 Å². The number of carboxylic acids is 1. The van der Waals surface area contributed by atoms with E-state index in [4.69, 9.17) is 10.8 Å². The van der Waals surface area contributed by atoms with Gasteiger partial charge in [-0.25, -0.2) is 4.79 Å². The van der Waals surface area contributed by atoms with Crippen molar-refractivity contribution in [2.75, 3.05) is 0 Å². The Hall–Kier alpha value is -1.00. The molecule has 1 aromatic rings. The fourth-order valence-corrected chi connectivity index (χ4v) is 1.50. The monoisotopic (exact) mass is 197 g/mol. The summed E-state index contributed by atoms with van der Waals surface area (Å²) in [7, 11) is 0. The molecular weight excluding hydrogens is 186 g/mol. The Kier molecular flexibility index (Phi) is 3.33. The second kappa shape index (κ2) is 4.30. The summed E-state index contributed by atoms with van der Waals surface area (Å²) < 4.78 is 0. The Labute approximate surface area is 80.9 Å². The van der Waals surface area contributed by atoms with Crippen molar-refractivity contribution in [3.63, 3.8) is 0 Å². The standard InChI is InChI=1S/C9H11NO2S/c1-6-2-4-7(5-3-6)13-8(10)9(11)12/h2-5,8H,10H2,1H3,(H,11,12). The van der Waals surface area contributed by atoms with Gasteiger partial charge in [0, 0.05) is 4.90 Å². The van der Waals surface area contributed by atoms with Gasteiger partial charge in [0.1, 0.15) is 0 Å². The first-order chi connectivity index (χ1) is 6.09. The maximum absolute atomic E-state index is 10.4. The molecule has 70 valence electrons. The second-order valence-electron chi connectivity index (χ2n) is 2.69. The maximum Gasteiger partial charge on any atom is 0.331 e. The Morgan fingerprint density at radius 3 is 2.46 bits per heavy atom. The fraction of sp³-hybridized carbons (Fsp3) is 0.222. The third kappa shape index (κ3) is 3.08. The molecule has 1 aromatic carbocycles. The summed E-state index contributed by atoms with van der Waals surface area (Å²) in [5.41, 5.74) is 6.50. The van der Waals surface area contributed by atoms with E-state index in [1.165, 1.54) is 0 Å². The number of hydrogen-bond acceptors (Lipinski definition) is 3. The van der Waals surface area contributed by atoms with Gasteiger partial charge in [0.2, 0.25) is 0 Å². The largest absolute Gasteiger partial charge is 0.479 e. The van der Waals surface area contributed by atoms with Crippen molar-refractivity contribution < 1.29 is 9.90 Å². The summed E-state index contributed by atoms with van der Waals surface area (Å²) in [6.45, 7) is 1.98. The lowest BCUT2D eigenvalue weighted by molar-refractivity contribution is -0.136. The van der Waals surface area contributed by atoms with Crippen molar-refractivity contribution in [2.24, 2.45) is 5.73 Å². The van der Waals surface area contributed by atoms with Crippen LogP contribution in [0.4, 0.5) is 0 Å². The van der Waals surface area contributed by atoms with Crippen LogP contribution in [0.3, 0.4) is 0 Å². The van der Waals surface area contributed by atoms with E-state index in [0.717, 1.165) is 22.2 Å². The quantitative estimate of drug-likeness (QED) is 0.568. The number of carboxylic acid groups (broad SMARTS) is 1. The molecule has 0 bridgehead atoms. The molecule has 0 spiro atoms. The molecule has 0 fully saturated rings. The summed E-state index contributed by atoms with van der Waals surface area (Å²) in [5.74, 6) is -0.995. The summed E-state index contributed by atoms with van der Waals surface area (Å²) in [6, 6.07) is 7.58. The van der Waals surface area contributed by atoms with Crippen LogP contribution >= 0.6 is 11.8 Å². The molecule has 0 heterocycles. The van der Waals surface area contributed by atoms with Crippen LogP contribution in [0.15, 0.2) is 29.2 Å². The average molecular weight is 197 g/mol. The van der Waals surface area contributed by atoms with Gasteiger partial charge in [-0.3, -0.25) is 0 Å². The molecule has 0 saturated heterocycles. The van der Waals surface area contributed by atoms with Crippen LogP contribution in [0.1, 0.15) is 5.56 Å². The van der Waals surface area contributed by atoms with Gasteiger partial charge in [-0.05, 0) is 19.1 Å². The van der Waals surface area contributed by atoms with Gasteiger partial charge >= 0.3 is 5.97 Å². The average Bonchev–Trinajstić information content (AvgIpc) is 2.08. The normalized spacial score (nSPS) is 12.5. The number of benzene rings is 1. The topological polar surface area (TPSA) is 63.3 Å². The molecule has 1 atom stereocenters. The van der Waals surface area contributed by atoms with E-state index in [9.17, 15) is 4.79 Å². The second-order valence-corrected chi connectivity index (χ2v) is 3.90. The van der Waals surface area contributed by atoms with Gasteiger partial charge in [0.15, 0.2) is 5.37 Å². The van der Waals surface area contributed by atoms with Crippen molar-refractivity contribution >= 4 is 17.7 Å². The molecule has 0 aliphatic heterocycles. The van der Waals surface area contributed by atoms with Crippen LogP contribution in [-0.4, -0.2) is 16.4 Å². The first-order valence-corrected chi connectivity index (χ1v) is 4.69. The maximum atomic E-state index is 10.4. The molecule has 0 aliphatic carbocycles. The molecular formula is C9H11NO2S. The fourth-order valence-electron chi connectivity index (χ4n) is 0.814. The number of carbonyl (C=O) groups is 1. The molecule has 13 heavy (non-hydrogen) atoms. The zero-order valence-corrected chi connectivity index (χ0v) is 8.04. The van der Waals surface area contributed by atoms with Crippen molar-refractivity contribution in [1.29, 1.82) is 0 Å². The SMILES string of the molecule is Cc1ccc(SC(N)C(=O)O)cc1. The van der Waals surface area contributed by atoms with E-state index in [1.54, 1.807) is 0 Å². The number of nitrogens with two attached hydrogens (primary N) is 1. The summed E-state index contributed by atoms with van der Waals surface area (Å²) >= 11 is 1.14. The van der Waals surface area contributed by atoms with Gasteiger partial charge in [0.05, 0.1) is 0 Å². The van der Waals surface area contributed by atoms with E-state index in [2.05, 4.69) is 0 Å². The highest BCUT2D eigenvalue weighted by atomic mass is 32.2. The minimum atomic E-state index is -0.995. The highest BCUT2D eigenvalue weighted by Crippen LogP contribution is 2.20. The summed E-state index contributed by atoms with van der Waals surface area (Å²) in [5, 5.41) is 7.67. The molecule has 0 saturated carbocycles. The summed E-state index contributed by atoms with van der Waals surface area (Å²) in [4.78, 5) is 11.3. The van der Waals surface area contributed by atoms with E-state index in [0.29, 0.717) is 0 Å². The smallest absolute Gasteiger partial charge is 0.331 e. The predicted molar refractivity (Wildman–Crippen MR) is 52.6 cm³/mol. The Morgan fingerprint density at radius 2 is 2.00 bits per heavy atom. The van der Waals surface area contributed by atoms with Crippen molar-refractivity contribution in [3.05, 3.63) is 29.8 Å². The molecule has 1 unspecified atom stereocenters. The molecule has 3 nitrogen and oxygen atoms in total. The van der Waals surface area contributed by atoms with E-state index in [-0.39, 0.29) is 0 Å². The Balaban J connectivity index is 2.64. The molecule has 0 amide bonds. The molecule has 3 N–H and O–H groups in total. The van der Waals surface area contributed by atoms with Gasteiger partial charge in [-0.2, -0.15) is 0 Å². The van der Waals surface area contributed by atoms with Gasteiger partial charge in [-0.15, -0.1) is 0 Å². The first-order valence-electron chi connectivity index (χ1n) is 3.81. The predicted octanol–water partition coefficient (Wildman–Crippen LogP) is 1.46. The van der Waals surface area contributed by atoms with E-state index in [1.807, 2.05) is 31.2 Å². The molecule has 0 aliphatic rings. The molecule has 0 aromatic heterocycles. The van der Waals surface area contributed by atoms with Crippen molar-refractivity contribution in [2.45, 2.75) is 17.2 Å². The molecule has 0 radical (unpaired) electrons. The van der Waals surface area contributed by atoms with Gasteiger partial charge in [-0.1, -0.05) is 29.5 Å². The van der Waals surface area contributed by atoms with Crippen LogP contribution in [0.25, 0.3) is 0 Å². The summed E-state index contributed by atoms with van der Waals surface area (Å²) in [6.07, 6.45) is 0. The number of rotatable bonds is 3. The van der Waals surface area contributed by atoms with Crippen LogP contribution in [0.5, 0.6) is 0 Å². The highest BCUT2D eigenvalue weighted by molar-refractivity contribution is 8.00. The zero-order chi connectivity index (χ0) is 9.84. The van der Waals surface area contributed by atoms with Gasteiger partial charge < -0.3 is 10.8 Å². The van der Waals surface area contributed by atoms with Gasteiger partial charge in [0.25, 0.3) is 0 Å². The number of aryl methyl sites for hydroxylation is 1.